The Morgan fingerprint density at radius 3 is 2.33 bits per heavy atom. The minimum Gasteiger partial charge on any atom is -0.346 e. The zero-order chi connectivity index (χ0) is 36.4. The lowest BCUT2D eigenvalue weighted by molar-refractivity contribution is -0.142. The first-order valence-electron chi connectivity index (χ1n) is 17.6. The largest absolute Gasteiger partial charge is 0.346 e. The van der Waals surface area contributed by atoms with E-state index in [4.69, 9.17) is 0 Å². The van der Waals surface area contributed by atoms with Crippen molar-refractivity contribution in [1.29, 1.82) is 0 Å². The van der Waals surface area contributed by atoms with Crippen molar-refractivity contribution < 1.29 is 32.4 Å². The van der Waals surface area contributed by atoms with Crippen LogP contribution in [0.3, 0.4) is 0 Å². The maximum atomic E-state index is 14.3. The Morgan fingerprint density at radius 1 is 1.00 bits per heavy atom. The van der Waals surface area contributed by atoms with E-state index < -0.39 is 69.3 Å². The third-order valence-electron chi connectivity index (χ3n) is 9.63. The average molecular weight is 708 g/mol. The number of nitrogens with zero attached hydrogens (tertiary/aromatic N) is 3. The van der Waals surface area contributed by atoms with Crippen molar-refractivity contribution in [2.75, 3.05) is 39.8 Å². The number of carbonyl (C=O) groups excluding carboxylic acids is 5. The highest BCUT2D eigenvalue weighted by Gasteiger charge is 2.41. The lowest BCUT2D eigenvalue weighted by atomic mass is 9.83. The van der Waals surface area contributed by atoms with E-state index in [1.54, 1.807) is 19.2 Å². The molecule has 4 N–H and O–H groups in total. The number of ketones is 1. The van der Waals surface area contributed by atoms with E-state index in [1.807, 2.05) is 27.7 Å². The molecule has 2 unspecified atom stereocenters. The molecule has 14 nitrogen and oxygen atoms in total. The minimum absolute atomic E-state index is 0.0768. The number of hydrogen-bond donors (Lipinski definition) is 4. The molecule has 1 saturated carbocycles. The van der Waals surface area contributed by atoms with Crippen molar-refractivity contribution in [1.82, 2.24) is 34.8 Å². The van der Waals surface area contributed by atoms with Crippen LogP contribution in [0.4, 0.5) is 4.79 Å². The van der Waals surface area contributed by atoms with Crippen LogP contribution in [0.25, 0.3) is 0 Å². The third kappa shape index (κ3) is 10.8. The summed E-state index contributed by atoms with van der Waals surface area (Å²) in [5, 5.41) is 11.1. The number of carbonyl (C=O) groups is 5. The van der Waals surface area contributed by atoms with Gasteiger partial charge in [-0.25, -0.2) is 4.79 Å². The highest BCUT2D eigenvalue weighted by molar-refractivity contribution is 7.86. The van der Waals surface area contributed by atoms with Gasteiger partial charge in [0.2, 0.25) is 17.6 Å². The van der Waals surface area contributed by atoms with E-state index in [0.29, 0.717) is 25.9 Å². The van der Waals surface area contributed by atoms with Crippen LogP contribution in [-0.4, -0.2) is 115 Å². The molecule has 0 bridgehead atoms. The van der Waals surface area contributed by atoms with Crippen molar-refractivity contribution in [2.24, 2.45) is 11.3 Å². The minimum atomic E-state index is -3.66. The van der Waals surface area contributed by atoms with E-state index in [1.165, 1.54) is 19.6 Å². The molecule has 0 aromatic carbocycles. The number of nitrogens with one attached hydrogen (secondary N) is 4. The van der Waals surface area contributed by atoms with Gasteiger partial charge < -0.3 is 26.2 Å². The topological polar surface area (TPSA) is 177 Å². The predicted octanol–water partition coefficient (Wildman–Crippen LogP) is 1.84. The van der Waals surface area contributed by atoms with Gasteiger partial charge in [0.05, 0.1) is 6.04 Å². The second-order valence-corrected chi connectivity index (χ2v) is 16.4. The van der Waals surface area contributed by atoms with Crippen LogP contribution >= 0.6 is 0 Å². The highest BCUT2D eigenvalue weighted by Crippen LogP contribution is 2.29. The first-order valence-corrected chi connectivity index (χ1v) is 19.0. The number of unbranched alkanes of at least 4 members (excludes halogenated alkanes) is 1. The maximum absolute atomic E-state index is 14.3. The Hall–Kier alpha value is -3.30. The molecule has 0 aromatic heterocycles. The molecule has 0 spiro atoms. The standard InChI is InChI=1S/C34H57N7O7S/c1-7-9-17-25(29(42)31(44)35-19-8-2)36-30(43)26-18-13-22-41(26)32(45)28(24-15-11-10-12-16-24)38-33(46)37-27(34(3,4)5)23-40-21-14-20-39(6)49(40,47)48/h8,13,18,24-28H,2,7,9-12,14-17,19-23H2,1,3-6H3,(H,35,44)(H,36,43)(H2,37,38,46)/t25?,26-,27?,28-/m0/s1. The molecule has 2 aliphatic heterocycles. The van der Waals surface area contributed by atoms with E-state index in [0.717, 1.165) is 38.5 Å². The summed E-state index contributed by atoms with van der Waals surface area (Å²) in [5.74, 6) is -2.74. The lowest BCUT2D eigenvalue weighted by Crippen LogP contribution is -2.61. The summed E-state index contributed by atoms with van der Waals surface area (Å²) in [4.78, 5) is 68.3. The van der Waals surface area contributed by atoms with Crippen LogP contribution in [0.2, 0.25) is 0 Å². The second kappa shape index (κ2) is 18.1. The van der Waals surface area contributed by atoms with Crippen molar-refractivity contribution in [3.05, 3.63) is 24.8 Å². The summed E-state index contributed by atoms with van der Waals surface area (Å²) in [6, 6.07) is -4.16. The molecule has 0 aromatic rings. The van der Waals surface area contributed by atoms with Crippen LogP contribution < -0.4 is 21.3 Å². The highest BCUT2D eigenvalue weighted by atomic mass is 32.2. The van der Waals surface area contributed by atoms with Gasteiger partial charge in [-0.2, -0.15) is 17.0 Å². The van der Waals surface area contributed by atoms with Crippen LogP contribution in [0.1, 0.15) is 85.5 Å². The molecule has 4 atom stereocenters. The number of urea groups is 1. The number of Topliss-reactive ketones (excluding diaryl/α,β-unsaturated/α-hetero) is 1. The summed E-state index contributed by atoms with van der Waals surface area (Å²) in [7, 11) is -2.12. The summed E-state index contributed by atoms with van der Waals surface area (Å²) < 4.78 is 28.7. The molecular formula is C34H57N7O7S. The van der Waals surface area contributed by atoms with Gasteiger partial charge >= 0.3 is 6.03 Å². The maximum Gasteiger partial charge on any atom is 0.315 e. The normalized spacial score (nSPS) is 22.1. The SMILES string of the molecule is C=CCNC(=O)C(=O)C(CCCC)NC(=O)[C@@H]1C=CCN1C(=O)[C@@H](NC(=O)NC(CN1CCCN(C)S1(=O)=O)C(C)(C)C)C1CCCCC1. The van der Waals surface area contributed by atoms with Crippen molar-refractivity contribution in [3.8, 4) is 0 Å². The Kier molecular flexibility index (Phi) is 14.8. The molecule has 276 valence electrons. The molecule has 1 saturated heterocycles. The van der Waals surface area contributed by atoms with E-state index in [9.17, 15) is 32.4 Å². The summed E-state index contributed by atoms with van der Waals surface area (Å²) in [5.41, 5.74) is -0.510. The van der Waals surface area contributed by atoms with Gasteiger partial charge in [0, 0.05) is 45.8 Å². The number of amides is 5. The molecule has 49 heavy (non-hydrogen) atoms. The number of rotatable bonds is 15. The fourth-order valence-electron chi connectivity index (χ4n) is 6.51. The van der Waals surface area contributed by atoms with Gasteiger partial charge in [-0.1, -0.05) is 78.0 Å². The lowest BCUT2D eigenvalue weighted by Gasteiger charge is -2.39. The zero-order valence-corrected chi connectivity index (χ0v) is 30.6. The Balaban J connectivity index is 1.78. The van der Waals surface area contributed by atoms with Crippen LogP contribution in [-0.2, 0) is 29.4 Å². The first-order chi connectivity index (χ1) is 23.1. The van der Waals surface area contributed by atoms with Crippen molar-refractivity contribution >= 4 is 39.7 Å². The Labute approximate surface area is 292 Å². The van der Waals surface area contributed by atoms with Crippen LogP contribution in [0, 0.1) is 11.3 Å². The van der Waals surface area contributed by atoms with E-state index >= 15 is 0 Å². The fourth-order valence-corrected chi connectivity index (χ4v) is 7.96. The quantitative estimate of drug-likeness (QED) is 0.148. The smallest absolute Gasteiger partial charge is 0.315 e. The van der Waals surface area contributed by atoms with E-state index in [2.05, 4.69) is 27.8 Å². The van der Waals surface area contributed by atoms with E-state index in [-0.39, 0.29) is 32.0 Å². The zero-order valence-electron chi connectivity index (χ0n) is 29.8. The predicted molar refractivity (Wildman–Crippen MR) is 187 cm³/mol. The van der Waals surface area contributed by atoms with Gasteiger partial charge in [-0.3, -0.25) is 19.2 Å². The molecule has 3 aliphatic rings. The Morgan fingerprint density at radius 2 is 1.69 bits per heavy atom. The van der Waals surface area contributed by atoms with Gasteiger partial charge in [0.1, 0.15) is 12.1 Å². The summed E-state index contributed by atoms with van der Waals surface area (Å²) >= 11 is 0. The first kappa shape index (κ1) is 40.1. The molecule has 2 heterocycles. The molecule has 5 amide bonds. The second-order valence-electron chi connectivity index (χ2n) is 14.4. The summed E-state index contributed by atoms with van der Waals surface area (Å²) in [6.45, 7) is 12.3. The van der Waals surface area contributed by atoms with Crippen molar-refractivity contribution in [3.63, 3.8) is 0 Å². The molecule has 0 radical (unpaired) electrons. The van der Waals surface area contributed by atoms with Gasteiger partial charge in [0.15, 0.2) is 0 Å². The average Bonchev–Trinajstić information content (AvgIpc) is 3.56. The van der Waals surface area contributed by atoms with Gasteiger partial charge in [-0.05, 0) is 37.0 Å². The molecule has 15 heteroatoms. The van der Waals surface area contributed by atoms with Gasteiger partial charge in [0.25, 0.3) is 16.1 Å². The fraction of sp³-hybridized carbons (Fsp3) is 0.735. The Bertz CT molecular complexity index is 1340. The van der Waals surface area contributed by atoms with Crippen molar-refractivity contribution in [2.45, 2.75) is 110 Å². The van der Waals surface area contributed by atoms with Crippen LogP contribution in [0.5, 0.6) is 0 Å². The number of hydrogen-bond acceptors (Lipinski definition) is 7. The molecule has 3 rings (SSSR count). The molecule has 1 aliphatic carbocycles. The van der Waals surface area contributed by atoms with Crippen LogP contribution in [0.15, 0.2) is 24.8 Å². The molecule has 2 fully saturated rings. The summed E-state index contributed by atoms with van der Waals surface area (Å²) in [6.07, 6.45) is 11.3. The van der Waals surface area contributed by atoms with Gasteiger partial charge in [-0.15, -0.1) is 6.58 Å². The third-order valence-corrected chi connectivity index (χ3v) is 11.6. The molecular weight excluding hydrogens is 650 g/mol. The monoisotopic (exact) mass is 707 g/mol.